The minimum Gasteiger partial charge on any atom is -0.463 e. The fourth-order valence-corrected chi connectivity index (χ4v) is 3.64. The second kappa shape index (κ2) is 13.6. The predicted octanol–water partition coefficient (Wildman–Crippen LogP) is 4.51. The van der Waals surface area contributed by atoms with Gasteiger partial charge in [0.25, 0.3) is 5.97 Å². The molecule has 0 aromatic heterocycles. The maximum absolute atomic E-state index is 11.2. The van der Waals surface area contributed by atoms with E-state index in [0.29, 0.717) is 19.4 Å². The van der Waals surface area contributed by atoms with Crippen molar-refractivity contribution in [1.82, 2.24) is 0 Å². The van der Waals surface area contributed by atoms with E-state index in [1.165, 1.54) is 25.7 Å². The van der Waals surface area contributed by atoms with Crippen LogP contribution in [0.2, 0.25) is 0 Å². The molecule has 0 bridgehead atoms. The summed E-state index contributed by atoms with van der Waals surface area (Å²) in [6.45, 7) is 5.90. The maximum Gasteiger partial charge on any atom is 0.330 e. The quantitative estimate of drug-likeness (QED) is 0.141. The van der Waals surface area contributed by atoms with Crippen LogP contribution in [0.4, 0.5) is 0 Å². The van der Waals surface area contributed by atoms with Gasteiger partial charge in [-0.1, -0.05) is 52.0 Å². The molecule has 0 aliphatic carbocycles. The molecule has 1 unspecified atom stereocenters. The van der Waals surface area contributed by atoms with Gasteiger partial charge in [0.2, 0.25) is 0 Å². The lowest BCUT2D eigenvalue weighted by Gasteiger charge is -2.44. The molecule has 0 rings (SSSR count). The molecule has 1 atom stereocenters. The molecule has 0 aromatic rings. The predicted molar refractivity (Wildman–Crippen MR) is 104 cm³/mol. The molecule has 0 aromatic carbocycles. The van der Waals surface area contributed by atoms with Crippen molar-refractivity contribution in [3.05, 3.63) is 12.7 Å². The Balaban J connectivity index is 4.74. The summed E-state index contributed by atoms with van der Waals surface area (Å²) in [5.41, 5.74) is 0. The van der Waals surface area contributed by atoms with Gasteiger partial charge in [-0.25, -0.2) is 4.79 Å². The van der Waals surface area contributed by atoms with Crippen LogP contribution < -0.4 is 0 Å². The van der Waals surface area contributed by atoms with Gasteiger partial charge in [-0.05, 0) is 19.3 Å². The number of esters is 1. The SMILES string of the molecule is C=CC(=O)OCCCC(S)(CCCCCCCC)C(OC)(OC)OC. The Bertz CT molecular complexity index is 363. The number of carbonyl (C=O) groups excluding carboxylic acids is 1. The van der Waals surface area contributed by atoms with Crippen molar-refractivity contribution < 1.29 is 23.7 Å². The summed E-state index contributed by atoms with van der Waals surface area (Å²) in [6, 6.07) is 0. The number of ether oxygens (including phenoxy) is 4. The Morgan fingerprint density at radius 3 is 2.00 bits per heavy atom. The minimum absolute atomic E-state index is 0.302. The van der Waals surface area contributed by atoms with E-state index >= 15 is 0 Å². The molecule has 0 fully saturated rings. The molecular formula is C19H36O5S. The highest BCUT2D eigenvalue weighted by Crippen LogP contribution is 2.41. The van der Waals surface area contributed by atoms with E-state index in [2.05, 4.69) is 13.5 Å². The lowest BCUT2D eigenvalue weighted by Crippen LogP contribution is -2.55. The third-order valence-corrected chi connectivity index (χ3v) is 5.19. The Hall–Kier alpha value is -0.560. The normalized spacial score (nSPS) is 14.1. The number of unbranched alkanes of at least 4 members (excludes halogenated alkanes) is 5. The molecule has 6 heteroatoms. The second-order valence-corrected chi connectivity index (χ2v) is 7.05. The number of carbonyl (C=O) groups is 1. The van der Waals surface area contributed by atoms with Crippen molar-refractivity contribution in [3.63, 3.8) is 0 Å². The van der Waals surface area contributed by atoms with Gasteiger partial charge in [-0.3, -0.25) is 0 Å². The summed E-state index contributed by atoms with van der Waals surface area (Å²) >= 11 is 4.89. The molecule has 0 spiro atoms. The van der Waals surface area contributed by atoms with Crippen LogP contribution in [0.15, 0.2) is 12.7 Å². The van der Waals surface area contributed by atoms with Crippen LogP contribution in [0.25, 0.3) is 0 Å². The zero-order valence-electron chi connectivity index (χ0n) is 16.3. The standard InChI is InChI=1S/C19H36O5S/c1-6-8-9-10-11-12-14-18(25,19(21-3,22-4)23-5)15-13-16-24-17(20)7-2/h7,25H,2,6,8-16H2,1,3-5H3. The van der Waals surface area contributed by atoms with Crippen LogP contribution in [-0.2, 0) is 23.7 Å². The van der Waals surface area contributed by atoms with E-state index in [1.54, 1.807) is 21.3 Å². The molecule has 25 heavy (non-hydrogen) atoms. The van der Waals surface area contributed by atoms with Gasteiger partial charge in [0.05, 0.1) is 11.4 Å². The summed E-state index contributed by atoms with van der Waals surface area (Å²) in [6.07, 6.45) is 10.4. The summed E-state index contributed by atoms with van der Waals surface area (Å²) in [4.78, 5) is 11.2. The van der Waals surface area contributed by atoms with E-state index in [1.807, 2.05) is 0 Å². The highest BCUT2D eigenvalue weighted by atomic mass is 32.1. The van der Waals surface area contributed by atoms with Gasteiger partial charge in [0, 0.05) is 27.4 Å². The average molecular weight is 377 g/mol. The molecule has 0 N–H and O–H groups in total. The van der Waals surface area contributed by atoms with Crippen LogP contribution in [0.3, 0.4) is 0 Å². The van der Waals surface area contributed by atoms with E-state index in [0.717, 1.165) is 25.3 Å². The Morgan fingerprint density at radius 2 is 1.48 bits per heavy atom. The second-order valence-electron chi connectivity index (χ2n) is 6.19. The van der Waals surface area contributed by atoms with Crippen LogP contribution in [-0.4, -0.2) is 44.6 Å². The molecule has 0 radical (unpaired) electrons. The molecule has 0 aliphatic rings. The highest BCUT2D eigenvalue weighted by molar-refractivity contribution is 7.81. The summed E-state index contributed by atoms with van der Waals surface area (Å²) in [5.74, 6) is -1.65. The first-order chi connectivity index (χ1) is 11.9. The van der Waals surface area contributed by atoms with Crippen LogP contribution >= 0.6 is 12.6 Å². The summed E-state index contributed by atoms with van der Waals surface area (Å²) < 4.78 is 21.1. The van der Waals surface area contributed by atoms with Crippen molar-refractivity contribution in [2.45, 2.75) is 75.4 Å². The molecule has 0 heterocycles. The third-order valence-electron chi connectivity index (χ3n) is 4.47. The largest absolute Gasteiger partial charge is 0.463 e. The molecule has 148 valence electrons. The third kappa shape index (κ3) is 8.11. The van der Waals surface area contributed by atoms with E-state index in [4.69, 9.17) is 31.6 Å². The fraction of sp³-hybridized carbons (Fsp3) is 0.842. The van der Waals surface area contributed by atoms with Crippen molar-refractivity contribution in [2.75, 3.05) is 27.9 Å². The van der Waals surface area contributed by atoms with Crippen LogP contribution in [0.5, 0.6) is 0 Å². The topological polar surface area (TPSA) is 54.0 Å². The van der Waals surface area contributed by atoms with Gasteiger partial charge >= 0.3 is 5.97 Å². The lowest BCUT2D eigenvalue weighted by atomic mass is 9.91. The number of methoxy groups -OCH3 is 3. The molecule has 5 nitrogen and oxygen atoms in total. The summed E-state index contributed by atoms with van der Waals surface area (Å²) in [7, 11) is 4.66. The fourth-order valence-electron chi connectivity index (χ4n) is 3.05. The molecule has 0 amide bonds. The van der Waals surface area contributed by atoms with Crippen molar-refractivity contribution in [1.29, 1.82) is 0 Å². The minimum atomic E-state index is -1.23. The Morgan fingerprint density at radius 1 is 0.960 bits per heavy atom. The zero-order valence-corrected chi connectivity index (χ0v) is 17.2. The Kier molecular flexibility index (Phi) is 13.3. The van der Waals surface area contributed by atoms with Crippen LogP contribution in [0.1, 0.15) is 64.7 Å². The van der Waals surface area contributed by atoms with Gasteiger partial charge in [-0.2, -0.15) is 12.6 Å². The van der Waals surface area contributed by atoms with E-state index in [-0.39, 0.29) is 0 Å². The molecule has 0 saturated heterocycles. The number of thiol groups is 1. The maximum atomic E-state index is 11.2. The van der Waals surface area contributed by atoms with Gasteiger partial charge in [-0.15, -0.1) is 0 Å². The first-order valence-electron chi connectivity index (χ1n) is 9.12. The van der Waals surface area contributed by atoms with E-state index < -0.39 is 16.7 Å². The van der Waals surface area contributed by atoms with Crippen molar-refractivity contribution >= 4 is 18.6 Å². The number of rotatable bonds is 16. The number of hydrogen-bond acceptors (Lipinski definition) is 6. The van der Waals surface area contributed by atoms with Crippen LogP contribution in [0, 0.1) is 0 Å². The highest BCUT2D eigenvalue weighted by Gasteiger charge is 2.50. The molecule has 0 aliphatic heterocycles. The first-order valence-corrected chi connectivity index (χ1v) is 9.57. The van der Waals surface area contributed by atoms with Crippen molar-refractivity contribution in [3.8, 4) is 0 Å². The smallest absolute Gasteiger partial charge is 0.330 e. The van der Waals surface area contributed by atoms with E-state index in [9.17, 15) is 4.79 Å². The van der Waals surface area contributed by atoms with Gasteiger partial charge < -0.3 is 18.9 Å². The zero-order chi connectivity index (χ0) is 19.2. The molecule has 0 saturated carbocycles. The number of hydrogen-bond donors (Lipinski definition) is 1. The molecular weight excluding hydrogens is 340 g/mol. The average Bonchev–Trinajstić information content (AvgIpc) is 2.63. The summed E-state index contributed by atoms with van der Waals surface area (Å²) in [5, 5.41) is 0. The van der Waals surface area contributed by atoms with Crippen molar-refractivity contribution in [2.24, 2.45) is 0 Å². The Labute approximate surface area is 158 Å². The first kappa shape index (κ1) is 24.4. The monoisotopic (exact) mass is 376 g/mol. The van der Waals surface area contributed by atoms with Gasteiger partial charge in [0.1, 0.15) is 0 Å². The lowest BCUT2D eigenvalue weighted by molar-refractivity contribution is -0.370. The van der Waals surface area contributed by atoms with Gasteiger partial charge in [0.15, 0.2) is 0 Å².